The molecule has 3 nitrogen and oxygen atoms in total. The maximum Gasteiger partial charge on any atom is 0.412 e. The smallest absolute Gasteiger partial charge is 0.412 e. The van der Waals surface area contributed by atoms with E-state index in [1.54, 1.807) is 0 Å². The van der Waals surface area contributed by atoms with Crippen molar-refractivity contribution in [2.75, 3.05) is 9.80 Å². The molecule has 2 atom stereocenters. The van der Waals surface area contributed by atoms with E-state index >= 15 is 13.2 Å². The van der Waals surface area contributed by atoms with Gasteiger partial charge in [-0.1, -0.05) is 161 Å². The van der Waals surface area contributed by atoms with Crippen LogP contribution in [-0.4, -0.2) is 24.0 Å². The van der Waals surface area contributed by atoms with Crippen molar-refractivity contribution in [1.82, 2.24) is 0 Å². The summed E-state index contributed by atoms with van der Waals surface area (Å²) in [4.78, 5) is 4.31. The van der Waals surface area contributed by atoms with Gasteiger partial charge in [-0.05, 0) is 141 Å². The quantitative estimate of drug-likeness (QED) is 0.207. The molecule has 1 N–H and O–H groups in total. The number of benzene rings is 4. The SMILES string of the molecule is Cc1ccccc1C1=C(O)B2C3=C(C=C4C(C)(C)CCC(C)(C)[C@]4(C)C3)N(c3ccc4c(c3)C(C)(C)CCC4(C)C)C3=C2C(CC(C(F)(F)F)=C3)N1c1ccc(C(C)(C)C)cc1-c1ccccc1. The fraction of sp³-hybridized carbons (Fsp3) is 0.443. The first-order valence-corrected chi connectivity index (χ1v) is 25.1. The number of alkyl halides is 3. The largest absolute Gasteiger partial charge is 0.519 e. The molecule has 6 aliphatic rings. The van der Waals surface area contributed by atoms with Gasteiger partial charge >= 0.3 is 6.18 Å². The summed E-state index contributed by atoms with van der Waals surface area (Å²) in [5.41, 5.74) is 13.0. The third kappa shape index (κ3) is 7.04. The lowest BCUT2D eigenvalue weighted by molar-refractivity contribution is -0.0945. The fourth-order valence-corrected chi connectivity index (χ4v) is 13.2. The molecule has 4 aromatic rings. The highest BCUT2D eigenvalue weighted by Gasteiger charge is 2.60. The number of aliphatic hydroxyl groups is 1. The summed E-state index contributed by atoms with van der Waals surface area (Å²) in [6.45, 7) is 29.1. The molecule has 0 bridgehead atoms. The average Bonchev–Trinajstić information content (AvgIpc) is 3.27. The summed E-state index contributed by atoms with van der Waals surface area (Å²) < 4.78 is 48.2. The zero-order valence-corrected chi connectivity index (χ0v) is 42.7. The molecule has 1 unspecified atom stereocenters. The van der Waals surface area contributed by atoms with Gasteiger partial charge in [0, 0.05) is 45.9 Å². The Labute approximate surface area is 404 Å². The van der Waals surface area contributed by atoms with Crippen molar-refractivity contribution >= 4 is 23.8 Å². The van der Waals surface area contributed by atoms with Gasteiger partial charge in [-0.3, -0.25) is 0 Å². The van der Waals surface area contributed by atoms with Crippen LogP contribution in [0.2, 0.25) is 0 Å². The number of aryl methyl sites for hydroxylation is 1. The van der Waals surface area contributed by atoms with Crippen LogP contribution in [-0.2, 0) is 16.2 Å². The third-order valence-corrected chi connectivity index (χ3v) is 18.0. The van der Waals surface area contributed by atoms with E-state index in [4.69, 9.17) is 0 Å². The number of rotatable bonds is 4. The van der Waals surface area contributed by atoms with Crippen molar-refractivity contribution in [1.29, 1.82) is 0 Å². The van der Waals surface area contributed by atoms with Crippen LogP contribution in [0.3, 0.4) is 0 Å². The number of hydrogen-bond acceptors (Lipinski definition) is 3. The molecule has 2 aliphatic heterocycles. The lowest BCUT2D eigenvalue weighted by Crippen LogP contribution is -2.56. The lowest BCUT2D eigenvalue weighted by atomic mass is 9.30. The van der Waals surface area contributed by atoms with Crippen molar-refractivity contribution < 1.29 is 18.3 Å². The van der Waals surface area contributed by atoms with E-state index in [2.05, 4.69) is 147 Å². The van der Waals surface area contributed by atoms with Crippen LogP contribution in [0.5, 0.6) is 0 Å². The Bertz CT molecular complexity index is 2930. The first-order valence-electron chi connectivity index (χ1n) is 25.1. The Morgan fingerprint density at radius 2 is 1.32 bits per heavy atom. The predicted octanol–water partition coefficient (Wildman–Crippen LogP) is 16.6. The Balaban J connectivity index is 1.35. The molecule has 2 heterocycles. The Hall–Kier alpha value is -5.17. The van der Waals surface area contributed by atoms with E-state index in [0.717, 1.165) is 81.5 Å². The summed E-state index contributed by atoms with van der Waals surface area (Å²) in [6.07, 6.45) is 3.75. The first kappa shape index (κ1) is 46.6. The second kappa shape index (κ2) is 15.2. The summed E-state index contributed by atoms with van der Waals surface area (Å²) in [5, 5.41) is 13.8. The number of nitrogens with zero attached hydrogens (tertiary/aromatic N) is 2. The second-order valence-electron chi connectivity index (χ2n) is 25.0. The van der Waals surface area contributed by atoms with Crippen molar-refractivity contribution in [3.63, 3.8) is 0 Å². The van der Waals surface area contributed by atoms with Crippen molar-refractivity contribution in [3.05, 3.63) is 170 Å². The third-order valence-electron chi connectivity index (χ3n) is 18.0. The fourth-order valence-electron chi connectivity index (χ4n) is 13.2. The summed E-state index contributed by atoms with van der Waals surface area (Å²) >= 11 is 0. The van der Waals surface area contributed by atoms with Gasteiger partial charge < -0.3 is 14.9 Å². The zero-order valence-electron chi connectivity index (χ0n) is 42.7. The van der Waals surface area contributed by atoms with Gasteiger partial charge in [0.05, 0.1) is 17.4 Å². The standard InChI is InChI=1S/C61H70BF3N2O/c1-37-19-17-18-22-42(37)53-54(68)62-46-36-60(13)51(58(9,10)29-30-59(60,11)12)35-48(46)66(41-24-25-44-45(34-41)57(7,8)28-27-56(44,5)6)49-32-40(61(63,64)65)33-50(52(49)62)67(53)47-26-23-39(55(2,3)4)31-43(47)38-20-15-14-16-21-38/h14-26,31-32,34-35,50,68H,27-30,33,36H2,1-13H3/t50?,60-/m1/s1. The first-order chi connectivity index (χ1) is 31.7. The highest BCUT2D eigenvalue weighted by Crippen LogP contribution is 2.66. The van der Waals surface area contributed by atoms with E-state index < -0.39 is 24.5 Å². The molecule has 7 heteroatoms. The Morgan fingerprint density at radius 1 is 0.676 bits per heavy atom. The van der Waals surface area contributed by atoms with Crippen LogP contribution in [0.4, 0.5) is 24.5 Å². The molecule has 0 radical (unpaired) electrons. The van der Waals surface area contributed by atoms with Crippen LogP contribution < -0.4 is 9.80 Å². The van der Waals surface area contributed by atoms with E-state index in [0.29, 0.717) is 17.8 Å². The molecule has 0 spiro atoms. The van der Waals surface area contributed by atoms with E-state index in [1.807, 2.05) is 49.4 Å². The van der Waals surface area contributed by atoms with Gasteiger partial charge in [-0.25, -0.2) is 0 Å². The number of hydrogen-bond donors (Lipinski definition) is 1. The van der Waals surface area contributed by atoms with Crippen LogP contribution in [0.25, 0.3) is 16.8 Å². The van der Waals surface area contributed by atoms with Gasteiger partial charge in [0.1, 0.15) is 0 Å². The number of anilines is 2. The molecule has 0 amide bonds. The minimum atomic E-state index is -4.61. The zero-order chi connectivity index (χ0) is 48.9. The molecule has 354 valence electrons. The van der Waals surface area contributed by atoms with Gasteiger partial charge in [0.15, 0.2) is 0 Å². The topological polar surface area (TPSA) is 26.7 Å². The van der Waals surface area contributed by atoms with Crippen LogP contribution >= 0.6 is 0 Å². The monoisotopic (exact) mass is 915 g/mol. The predicted molar refractivity (Wildman–Crippen MR) is 278 cm³/mol. The van der Waals surface area contributed by atoms with Gasteiger partial charge in [-0.2, -0.15) is 13.2 Å². The van der Waals surface area contributed by atoms with Gasteiger partial charge in [-0.15, -0.1) is 0 Å². The summed E-state index contributed by atoms with van der Waals surface area (Å²) in [6, 6.07) is 30.6. The molecule has 4 aromatic carbocycles. The van der Waals surface area contributed by atoms with E-state index in [9.17, 15) is 5.11 Å². The minimum Gasteiger partial charge on any atom is -0.519 e. The second-order valence-corrected chi connectivity index (χ2v) is 25.0. The molecular weight excluding hydrogens is 844 g/mol. The number of fused-ring (bicyclic) bond motifs is 3. The molecule has 1 saturated carbocycles. The molecule has 10 rings (SSSR count). The normalized spacial score (nSPS) is 24.8. The maximum atomic E-state index is 16.1. The van der Waals surface area contributed by atoms with E-state index in [-0.39, 0.29) is 44.6 Å². The summed E-state index contributed by atoms with van der Waals surface area (Å²) in [7, 11) is 0. The van der Waals surface area contributed by atoms with E-state index in [1.165, 1.54) is 22.8 Å². The van der Waals surface area contributed by atoms with Crippen molar-refractivity contribution in [2.45, 2.75) is 157 Å². The highest BCUT2D eigenvalue weighted by atomic mass is 19.4. The molecule has 1 fully saturated rings. The number of allylic oxidation sites excluding steroid dienone is 4. The lowest BCUT2D eigenvalue weighted by Gasteiger charge is -2.60. The van der Waals surface area contributed by atoms with Gasteiger partial charge in [0.25, 0.3) is 6.71 Å². The number of halogens is 3. The van der Waals surface area contributed by atoms with Crippen molar-refractivity contribution in [2.24, 2.45) is 16.2 Å². The Kier molecular flexibility index (Phi) is 10.4. The molecule has 4 aliphatic carbocycles. The number of aliphatic hydroxyl groups excluding tert-OH is 1. The molecule has 0 aromatic heterocycles. The van der Waals surface area contributed by atoms with Gasteiger partial charge in [0.2, 0.25) is 0 Å². The van der Waals surface area contributed by atoms with Crippen molar-refractivity contribution in [3.8, 4) is 11.1 Å². The summed E-state index contributed by atoms with van der Waals surface area (Å²) in [5.74, 6) is 0. The maximum absolute atomic E-state index is 16.1. The molecule has 0 saturated heterocycles. The average molecular weight is 915 g/mol. The molecule has 68 heavy (non-hydrogen) atoms. The highest BCUT2D eigenvalue weighted by molar-refractivity contribution is 6.82. The van der Waals surface area contributed by atoms with Crippen LogP contribution in [0, 0.1) is 23.2 Å². The van der Waals surface area contributed by atoms with Crippen LogP contribution in [0.15, 0.2) is 142 Å². The molecular formula is C61H70BF3N2O. The minimum absolute atomic E-state index is 0.0419. The Morgan fingerprint density at radius 3 is 1.99 bits per heavy atom. The van der Waals surface area contributed by atoms with Crippen LogP contribution in [0.1, 0.15) is 149 Å².